The van der Waals surface area contributed by atoms with Gasteiger partial charge in [-0.25, -0.2) is 0 Å². The van der Waals surface area contributed by atoms with Gasteiger partial charge in [0.2, 0.25) is 0 Å². The molecular formula is C16H19Li. The van der Waals surface area contributed by atoms with Crippen LogP contribution >= 0.6 is 0 Å². The predicted molar refractivity (Wildman–Crippen MR) is 71.7 cm³/mol. The van der Waals surface area contributed by atoms with E-state index in [4.69, 9.17) is 0 Å². The molecule has 0 saturated carbocycles. The summed E-state index contributed by atoms with van der Waals surface area (Å²) in [5.74, 6) is 0. The summed E-state index contributed by atoms with van der Waals surface area (Å²) >= 11 is 0. The predicted octanol–water partition coefficient (Wildman–Crippen LogP) is 1.59. The van der Waals surface area contributed by atoms with E-state index in [1.165, 1.54) is 22.3 Å². The zero-order valence-corrected chi connectivity index (χ0v) is 11.0. The molecule has 2 aromatic rings. The Labute approximate surface area is 118 Å². The maximum Gasteiger partial charge on any atom is 1.00 e. The van der Waals surface area contributed by atoms with Gasteiger partial charge >= 0.3 is 18.9 Å². The zero-order valence-electron chi connectivity index (χ0n) is 12.0. The summed E-state index contributed by atoms with van der Waals surface area (Å²) in [7, 11) is 0. The second-order valence-corrected chi connectivity index (χ2v) is 4.02. The molecule has 17 heavy (non-hydrogen) atoms. The monoisotopic (exact) mass is 218 g/mol. The van der Waals surface area contributed by atoms with Gasteiger partial charge < -0.3 is 1.43 Å². The summed E-state index contributed by atoms with van der Waals surface area (Å²) in [4.78, 5) is 0. The van der Waals surface area contributed by atoms with Gasteiger partial charge in [0.1, 0.15) is 0 Å². The van der Waals surface area contributed by atoms with Crippen molar-refractivity contribution in [2.75, 3.05) is 0 Å². The van der Waals surface area contributed by atoms with Crippen LogP contribution in [0.3, 0.4) is 0 Å². The van der Waals surface area contributed by atoms with Crippen LogP contribution in [0.5, 0.6) is 0 Å². The fraction of sp³-hybridized carbons (Fsp3) is 0.250. The van der Waals surface area contributed by atoms with Crippen LogP contribution in [0.25, 0.3) is 11.1 Å². The maximum atomic E-state index is 2.24. The molecule has 0 fully saturated rings. The van der Waals surface area contributed by atoms with Crippen LogP contribution in [0.4, 0.5) is 0 Å². The molecular weight excluding hydrogens is 199 g/mol. The van der Waals surface area contributed by atoms with E-state index in [0.717, 1.165) is 12.8 Å². The second-order valence-electron chi connectivity index (χ2n) is 4.02. The Morgan fingerprint density at radius 1 is 0.824 bits per heavy atom. The molecule has 0 nitrogen and oxygen atoms in total. The fourth-order valence-electron chi connectivity index (χ4n) is 2.27. The van der Waals surface area contributed by atoms with Gasteiger partial charge in [-0.3, -0.25) is 0 Å². The number of benzene rings is 2. The molecule has 0 aliphatic rings. The number of hydrogen-bond donors (Lipinski definition) is 0. The van der Waals surface area contributed by atoms with Gasteiger partial charge in [-0.2, -0.15) is 0 Å². The zero-order chi connectivity index (χ0) is 11.4. The molecule has 2 aromatic carbocycles. The Hall–Kier alpha value is -0.963. The number of hydrogen-bond acceptors (Lipinski definition) is 0. The van der Waals surface area contributed by atoms with Crippen LogP contribution in [0.2, 0.25) is 0 Å². The molecule has 0 N–H and O–H groups in total. The Morgan fingerprint density at radius 3 is 2.12 bits per heavy atom. The minimum Gasteiger partial charge on any atom is -1.00 e. The molecule has 0 spiro atoms. The summed E-state index contributed by atoms with van der Waals surface area (Å²) in [5.41, 5.74) is 5.69. The summed E-state index contributed by atoms with van der Waals surface area (Å²) < 4.78 is 0. The largest absolute Gasteiger partial charge is 1.00 e. The minimum atomic E-state index is 0. The number of rotatable bonds is 3. The summed E-state index contributed by atoms with van der Waals surface area (Å²) in [5, 5.41) is 0. The molecule has 0 aliphatic carbocycles. The van der Waals surface area contributed by atoms with E-state index >= 15 is 0 Å². The molecule has 2 rings (SSSR count). The SMILES string of the molecule is CCc1cccc(-c2ccccc2)c1CC.[H-].[Li+]. The first kappa shape index (κ1) is 14.1. The van der Waals surface area contributed by atoms with Gasteiger partial charge in [-0.15, -0.1) is 0 Å². The van der Waals surface area contributed by atoms with Crippen molar-refractivity contribution in [3.8, 4) is 11.1 Å². The van der Waals surface area contributed by atoms with Crippen molar-refractivity contribution in [1.82, 2.24) is 0 Å². The van der Waals surface area contributed by atoms with Crippen LogP contribution in [0.1, 0.15) is 26.4 Å². The smallest absolute Gasteiger partial charge is 1.00 e. The van der Waals surface area contributed by atoms with E-state index in [9.17, 15) is 0 Å². The Kier molecular flexibility index (Phi) is 5.55. The van der Waals surface area contributed by atoms with Crippen molar-refractivity contribution in [3.63, 3.8) is 0 Å². The van der Waals surface area contributed by atoms with E-state index < -0.39 is 0 Å². The first-order chi connectivity index (χ1) is 7.86. The van der Waals surface area contributed by atoms with Crippen molar-refractivity contribution in [3.05, 3.63) is 59.7 Å². The molecule has 0 heterocycles. The van der Waals surface area contributed by atoms with E-state index in [0.29, 0.717) is 0 Å². The molecule has 0 bridgehead atoms. The molecule has 0 saturated heterocycles. The van der Waals surface area contributed by atoms with Crippen molar-refractivity contribution >= 4 is 0 Å². The van der Waals surface area contributed by atoms with E-state index in [1.807, 2.05) is 0 Å². The van der Waals surface area contributed by atoms with Gasteiger partial charge in [-0.1, -0.05) is 62.4 Å². The second kappa shape index (κ2) is 6.70. The van der Waals surface area contributed by atoms with Crippen molar-refractivity contribution in [2.45, 2.75) is 26.7 Å². The summed E-state index contributed by atoms with van der Waals surface area (Å²) in [6.45, 7) is 4.46. The first-order valence-electron chi connectivity index (χ1n) is 6.03. The molecule has 0 amide bonds. The maximum absolute atomic E-state index is 2.24. The third-order valence-electron chi connectivity index (χ3n) is 3.09. The third-order valence-corrected chi connectivity index (χ3v) is 3.09. The van der Waals surface area contributed by atoms with Gasteiger partial charge in [0, 0.05) is 0 Å². The van der Waals surface area contributed by atoms with Gasteiger partial charge in [0.25, 0.3) is 0 Å². The van der Waals surface area contributed by atoms with E-state index in [1.54, 1.807) is 0 Å². The van der Waals surface area contributed by atoms with Crippen LogP contribution in [0.15, 0.2) is 48.5 Å². The topological polar surface area (TPSA) is 0 Å². The van der Waals surface area contributed by atoms with Crippen LogP contribution < -0.4 is 18.9 Å². The molecule has 0 atom stereocenters. The standard InChI is InChI=1S/C16H18.Li.H/c1-3-13-11-8-12-16(15(13)4-2)14-9-6-5-7-10-14;;/h5-12H,3-4H2,1-2H3;;/q;+1;-1. The van der Waals surface area contributed by atoms with Gasteiger partial charge in [-0.05, 0) is 35.1 Å². The van der Waals surface area contributed by atoms with Crippen LogP contribution in [-0.2, 0) is 12.8 Å². The van der Waals surface area contributed by atoms with Crippen molar-refractivity contribution in [2.24, 2.45) is 0 Å². The van der Waals surface area contributed by atoms with Crippen molar-refractivity contribution in [1.29, 1.82) is 0 Å². The normalized spacial score (nSPS) is 9.76. The van der Waals surface area contributed by atoms with Crippen LogP contribution in [0, 0.1) is 0 Å². The summed E-state index contributed by atoms with van der Waals surface area (Å²) in [6, 6.07) is 17.3. The Morgan fingerprint density at radius 2 is 1.53 bits per heavy atom. The Balaban J connectivity index is 0.00000144. The van der Waals surface area contributed by atoms with Crippen molar-refractivity contribution < 1.29 is 20.3 Å². The van der Waals surface area contributed by atoms with Crippen LogP contribution in [-0.4, -0.2) is 0 Å². The van der Waals surface area contributed by atoms with E-state index in [2.05, 4.69) is 62.4 Å². The minimum absolute atomic E-state index is 0. The van der Waals surface area contributed by atoms with Gasteiger partial charge in [0.15, 0.2) is 0 Å². The molecule has 0 radical (unpaired) electrons. The van der Waals surface area contributed by atoms with E-state index in [-0.39, 0.29) is 20.3 Å². The molecule has 0 aliphatic heterocycles. The average molecular weight is 218 g/mol. The molecule has 84 valence electrons. The van der Waals surface area contributed by atoms with Gasteiger partial charge in [0.05, 0.1) is 0 Å². The Bertz CT molecular complexity index is 466. The molecule has 0 unspecified atom stereocenters. The fourth-order valence-corrected chi connectivity index (χ4v) is 2.27. The quantitative estimate of drug-likeness (QED) is 0.686. The molecule has 0 aromatic heterocycles. The summed E-state index contributed by atoms with van der Waals surface area (Å²) in [6.07, 6.45) is 2.22. The first-order valence-corrected chi connectivity index (χ1v) is 6.03. The average Bonchev–Trinajstić information content (AvgIpc) is 2.38. The third kappa shape index (κ3) is 3.03. The number of aryl methyl sites for hydroxylation is 1. The molecule has 1 heteroatoms.